The first kappa shape index (κ1) is 8.70. The van der Waals surface area contributed by atoms with Gasteiger partial charge in [0.05, 0.1) is 0 Å². The van der Waals surface area contributed by atoms with Gasteiger partial charge in [0.25, 0.3) is 0 Å². The molecule has 2 aromatic rings. The Morgan fingerprint density at radius 2 is 2.15 bits per heavy atom. The molecule has 0 aliphatic rings. The van der Waals surface area contributed by atoms with Gasteiger partial charge in [0.1, 0.15) is 0 Å². The average molecular weight is 236 g/mol. The highest BCUT2D eigenvalue weighted by atomic mass is 79.9. The van der Waals surface area contributed by atoms with Gasteiger partial charge in [-0.2, -0.15) is 0 Å². The predicted molar refractivity (Wildman–Crippen MR) is 58.8 cm³/mol. The molecule has 0 fully saturated rings. The number of nitrogens with zero attached hydrogens (tertiary/aromatic N) is 1. The van der Waals surface area contributed by atoms with Crippen LogP contribution in [0.1, 0.15) is 12.6 Å². The van der Waals surface area contributed by atoms with E-state index in [1.54, 1.807) is 0 Å². The number of fused-ring (bicyclic) bond motifs is 1. The second kappa shape index (κ2) is 3.46. The van der Waals surface area contributed by atoms with Gasteiger partial charge in [-0.3, -0.25) is 4.98 Å². The molecule has 0 saturated heterocycles. The van der Waals surface area contributed by atoms with Gasteiger partial charge in [-0.1, -0.05) is 28.9 Å². The van der Waals surface area contributed by atoms with Crippen molar-refractivity contribution in [2.45, 2.75) is 13.3 Å². The van der Waals surface area contributed by atoms with Gasteiger partial charge in [0.15, 0.2) is 0 Å². The summed E-state index contributed by atoms with van der Waals surface area (Å²) in [6, 6.07) is 8.34. The van der Waals surface area contributed by atoms with Gasteiger partial charge in [0.2, 0.25) is 0 Å². The second-order valence-electron chi connectivity index (χ2n) is 2.98. The minimum Gasteiger partial charge on any atom is -0.261 e. The van der Waals surface area contributed by atoms with Crippen LogP contribution in [0.15, 0.2) is 34.9 Å². The minimum absolute atomic E-state index is 0.980. The van der Waals surface area contributed by atoms with Crippen molar-refractivity contribution in [1.29, 1.82) is 0 Å². The van der Waals surface area contributed by atoms with E-state index < -0.39 is 0 Å². The number of hydrogen-bond donors (Lipinski definition) is 0. The van der Waals surface area contributed by atoms with E-state index in [9.17, 15) is 0 Å². The molecule has 0 aliphatic carbocycles. The Labute approximate surface area is 85.9 Å². The molecule has 1 aromatic carbocycles. The molecule has 0 N–H and O–H groups in total. The zero-order valence-corrected chi connectivity index (χ0v) is 9.01. The van der Waals surface area contributed by atoms with Crippen molar-refractivity contribution in [3.63, 3.8) is 0 Å². The number of benzene rings is 1. The van der Waals surface area contributed by atoms with Crippen molar-refractivity contribution in [3.05, 3.63) is 40.6 Å². The Hall–Kier alpha value is -0.890. The molecule has 66 valence electrons. The van der Waals surface area contributed by atoms with E-state index in [1.807, 2.05) is 12.3 Å². The molecule has 13 heavy (non-hydrogen) atoms. The van der Waals surface area contributed by atoms with Crippen LogP contribution in [-0.4, -0.2) is 4.98 Å². The van der Waals surface area contributed by atoms with Crippen LogP contribution < -0.4 is 0 Å². The fourth-order valence-corrected chi connectivity index (χ4v) is 1.84. The molecule has 1 aromatic heterocycles. The molecular weight excluding hydrogens is 226 g/mol. The maximum atomic E-state index is 4.35. The SMILES string of the molecule is CCc1nccc2ccc(Br)cc12. The zero-order valence-electron chi connectivity index (χ0n) is 7.42. The first-order valence-corrected chi connectivity index (χ1v) is 5.13. The molecule has 0 aliphatic heterocycles. The van der Waals surface area contributed by atoms with Gasteiger partial charge in [0, 0.05) is 21.7 Å². The topological polar surface area (TPSA) is 12.9 Å². The highest BCUT2D eigenvalue weighted by molar-refractivity contribution is 9.10. The van der Waals surface area contributed by atoms with Gasteiger partial charge in [-0.05, 0) is 30.0 Å². The lowest BCUT2D eigenvalue weighted by Crippen LogP contribution is -1.87. The van der Waals surface area contributed by atoms with Crippen LogP contribution in [0.2, 0.25) is 0 Å². The van der Waals surface area contributed by atoms with E-state index in [1.165, 1.54) is 16.5 Å². The van der Waals surface area contributed by atoms with Crippen LogP contribution in [0.3, 0.4) is 0 Å². The van der Waals surface area contributed by atoms with Crippen LogP contribution in [0.25, 0.3) is 10.8 Å². The van der Waals surface area contributed by atoms with Gasteiger partial charge in [-0.25, -0.2) is 0 Å². The van der Waals surface area contributed by atoms with Crippen LogP contribution in [0.4, 0.5) is 0 Å². The number of hydrogen-bond acceptors (Lipinski definition) is 1. The Bertz CT molecular complexity index is 437. The molecule has 0 atom stereocenters. The van der Waals surface area contributed by atoms with Gasteiger partial charge in [-0.15, -0.1) is 0 Å². The Balaban J connectivity index is 2.79. The molecule has 2 rings (SSSR count). The van der Waals surface area contributed by atoms with Crippen molar-refractivity contribution in [2.24, 2.45) is 0 Å². The highest BCUT2D eigenvalue weighted by Crippen LogP contribution is 2.21. The third-order valence-corrected chi connectivity index (χ3v) is 2.64. The largest absolute Gasteiger partial charge is 0.261 e. The van der Waals surface area contributed by atoms with E-state index in [0.29, 0.717) is 0 Å². The number of aryl methyl sites for hydroxylation is 1. The fourth-order valence-electron chi connectivity index (χ4n) is 1.48. The predicted octanol–water partition coefficient (Wildman–Crippen LogP) is 3.56. The smallest absolute Gasteiger partial charge is 0.0479 e. The summed E-state index contributed by atoms with van der Waals surface area (Å²) in [4.78, 5) is 4.35. The van der Waals surface area contributed by atoms with Crippen molar-refractivity contribution in [3.8, 4) is 0 Å². The number of rotatable bonds is 1. The summed E-state index contributed by atoms with van der Waals surface area (Å²) < 4.78 is 1.11. The third kappa shape index (κ3) is 1.59. The van der Waals surface area contributed by atoms with Crippen molar-refractivity contribution in [2.75, 3.05) is 0 Å². The lowest BCUT2D eigenvalue weighted by Gasteiger charge is -2.02. The molecule has 1 nitrogen and oxygen atoms in total. The zero-order chi connectivity index (χ0) is 9.26. The summed E-state index contributed by atoms with van der Waals surface area (Å²) in [5, 5.41) is 2.51. The second-order valence-corrected chi connectivity index (χ2v) is 3.89. The van der Waals surface area contributed by atoms with E-state index in [-0.39, 0.29) is 0 Å². The van der Waals surface area contributed by atoms with Gasteiger partial charge >= 0.3 is 0 Å². The molecule has 0 spiro atoms. The summed E-state index contributed by atoms with van der Waals surface area (Å²) in [6.07, 6.45) is 2.85. The lowest BCUT2D eigenvalue weighted by atomic mass is 10.1. The number of pyridine rings is 1. The highest BCUT2D eigenvalue weighted by Gasteiger charge is 1.99. The summed E-state index contributed by atoms with van der Waals surface area (Å²) in [6.45, 7) is 2.13. The molecule has 0 amide bonds. The van der Waals surface area contributed by atoms with E-state index in [4.69, 9.17) is 0 Å². The molecule has 2 heteroatoms. The first-order valence-electron chi connectivity index (χ1n) is 4.34. The average Bonchev–Trinajstić information content (AvgIpc) is 2.17. The van der Waals surface area contributed by atoms with Crippen molar-refractivity contribution < 1.29 is 0 Å². The lowest BCUT2D eigenvalue weighted by molar-refractivity contribution is 1.06. The Morgan fingerprint density at radius 1 is 1.31 bits per heavy atom. The standard InChI is InChI=1S/C11H10BrN/c1-2-11-10-7-9(12)4-3-8(10)5-6-13-11/h3-7H,2H2,1H3. The summed E-state index contributed by atoms with van der Waals surface area (Å²) >= 11 is 3.47. The maximum Gasteiger partial charge on any atom is 0.0479 e. The summed E-state index contributed by atoms with van der Waals surface area (Å²) in [5.74, 6) is 0. The summed E-state index contributed by atoms with van der Waals surface area (Å²) in [5.41, 5.74) is 1.17. The van der Waals surface area contributed by atoms with Crippen LogP contribution in [-0.2, 0) is 6.42 Å². The number of halogens is 1. The maximum absolute atomic E-state index is 4.35. The van der Waals surface area contributed by atoms with Gasteiger partial charge < -0.3 is 0 Å². The number of aromatic nitrogens is 1. The van der Waals surface area contributed by atoms with Crippen LogP contribution in [0, 0.1) is 0 Å². The quantitative estimate of drug-likeness (QED) is 0.737. The molecule has 0 radical (unpaired) electrons. The van der Waals surface area contributed by atoms with E-state index in [0.717, 1.165) is 10.9 Å². The van der Waals surface area contributed by atoms with Crippen molar-refractivity contribution in [1.82, 2.24) is 4.98 Å². The minimum atomic E-state index is 0.980. The molecule has 0 saturated carbocycles. The monoisotopic (exact) mass is 235 g/mol. The van der Waals surface area contributed by atoms with E-state index >= 15 is 0 Å². The Morgan fingerprint density at radius 3 is 2.92 bits per heavy atom. The van der Waals surface area contributed by atoms with E-state index in [2.05, 4.69) is 46.0 Å². The third-order valence-electron chi connectivity index (χ3n) is 2.15. The molecule has 0 bridgehead atoms. The molecule has 1 heterocycles. The van der Waals surface area contributed by atoms with Crippen LogP contribution in [0.5, 0.6) is 0 Å². The van der Waals surface area contributed by atoms with Crippen molar-refractivity contribution >= 4 is 26.7 Å². The summed E-state index contributed by atoms with van der Waals surface area (Å²) in [7, 11) is 0. The fraction of sp³-hybridized carbons (Fsp3) is 0.182. The molecule has 0 unspecified atom stereocenters. The first-order chi connectivity index (χ1) is 6.31. The molecular formula is C11H10BrN. The normalized spacial score (nSPS) is 10.6. The van der Waals surface area contributed by atoms with Crippen LogP contribution >= 0.6 is 15.9 Å². The Kier molecular flexibility index (Phi) is 2.32.